The topological polar surface area (TPSA) is 89.7 Å². The van der Waals surface area contributed by atoms with Gasteiger partial charge in [-0.15, -0.1) is 0 Å². The molecular formula is C27H29F2N7O. The molecule has 1 aliphatic heterocycles. The van der Waals surface area contributed by atoms with Crippen LogP contribution in [0.5, 0.6) is 0 Å². The number of rotatable bonds is 6. The van der Waals surface area contributed by atoms with Crippen molar-refractivity contribution in [3.8, 4) is 5.82 Å². The van der Waals surface area contributed by atoms with Gasteiger partial charge in [-0.05, 0) is 55.2 Å². The van der Waals surface area contributed by atoms with Crippen LogP contribution in [0.25, 0.3) is 16.9 Å². The number of halogens is 2. The van der Waals surface area contributed by atoms with Crippen molar-refractivity contribution in [2.24, 2.45) is 0 Å². The Hall–Kier alpha value is -3.66. The van der Waals surface area contributed by atoms with Gasteiger partial charge in [0.15, 0.2) is 11.5 Å². The molecule has 0 bridgehead atoms. The second-order valence-electron chi connectivity index (χ2n) is 10.7. The van der Waals surface area contributed by atoms with Crippen LogP contribution < -0.4 is 16.2 Å². The van der Waals surface area contributed by atoms with E-state index in [9.17, 15) is 13.6 Å². The zero-order valence-corrected chi connectivity index (χ0v) is 21.1. The summed E-state index contributed by atoms with van der Waals surface area (Å²) in [6.45, 7) is 7.64. The Kier molecular flexibility index (Phi) is 5.41. The molecule has 0 amide bonds. The number of alkyl halides is 1. The summed E-state index contributed by atoms with van der Waals surface area (Å²) in [5, 5.41) is 7.04. The van der Waals surface area contributed by atoms with Crippen LogP contribution in [0, 0.1) is 5.82 Å². The van der Waals surface area contributed by atoms with Crippen molar-refractivity contribution in [1.82, 2.24) is 29.6 Å². The molecule has 0 atom stereocenters. The number of nitrogens with zero attached hydrogens (tertiary/aromatic N) is 5. The quantitative estimate of drug-likeness (QED) is 0.407. The van der Waals surface area contributed by atoms with E-state index in [1.165, 1.54) is 34.1 Å². The van der Waals surface area contributed by atoms with Gasteiger partial charge < -0.3 is 10.6 Å². The maximum Gasteiger partial charge on any atom is 0.278 e. The van der Waals surface area contributed by atoms with Crippen LogP contribution in [0.2, 0.25) is 0 Å². The summed E-state index contributed by atoms with van der Waals surface area (Å²) < 4.78 is 31.4. The van der Waals surface area contributed by atoms with Crippen LogP contribution in [0.3, 0.4) is 0 Å². The maximum absolute atomic E-state index is 14.6. The molecule has 0 saturated heterocycles. The van der Waals surface area contributed by atoms with Gasteiger partial charge in [0, 0.05) is 42.3 Å². The Balaban J connectivity index is 1.43. The van der Waals surface area contributed by atoms with Crippen LogP contribution >= 0.6 is 0 Å². The summed E-state index contributed by atoms with van der Waals surface area (Å²) in [5.41, 5.74) is 2.69. The minimum absolute atomic E-state index is 0.0445. The molecule has 0 unspecified atom stereocenters. The van der Waals surface area contributed by atoms with E-state index in [0.29, 0.717) is 42.2 Å². The van der Waals surface area contributed by atoms with E-state index < -0.39 is 17.9 Å². The van der Waals surface area contributed by atoms with Crippen molar-refractivity contribution in [3.05, 3.63) is 69.5 Å². The van der Waals surface area contributed by atoms with Crippen LogP contribution in [-0.2, 0) is 23.9 Å². The summed E-state index contributed by atoms with van der Waals surface area (Å²) >= 11 is 0. The van der Waals surface area contributed by atoms with Gasteiger partial charge in [-0.3, -0.25) is 9.18 Å². The van der Waals surface area contributed by atoms with Gasteiger partial charge >= 0.3 is 0 Å². The van der Waals surface area contributed by atoms with Gasteiger partial charge in [0.25, 0.3) is 5.56 Å². The minimum atomic E-state index is -0.877. The molecule has 0 radical (unpaired) electrons. The SMILES string of the molecule is CCn1c(=O)c2cnc(Nc3ccc4c(c3)CNCC4(C)C)nc2n1-c1ccc(F)c(C2(CF)CC2)n1. The molecule has 1 saturated carbocycles. The monoisotopic (exact) mass is 505 g/mol. The van der Waals surface area contributed by atoms with E-state index in [4.69, 9.17) is 0 Å². The molecule has 37 heavy (non-hydrogen) atoms. The lowest BCUT2D eigenvalue weighted by molar-refractivity contribution is 0.398. The molecule has 2 aliphatic rings. The Bertz CT molecular complexity index is 1590. The predicted octanol–water partition coefficient (Wildman–Crippen LogP) is 4.26. The fourth-order valence-electron chi connectivity index (χ4n) is 5.33. The minimum Gasteiger partial charge on any atom is -0.324 e. The fraction of sp³-hybridized carbons (Fsp3) is 0.407. The number of nitrogens with one attached hydrogen (secondary N) is 2. The van der Waals surface area contributed by atoms with E-state index in [2.05, 4.69) is 51.6 Å². The van der Waals surface area contributed by atoms with Crippen molar-refractivity contribution < 1.29 is 8.78 Å². The molecule has 1 aliphatic carbocycles. The Labute approximate surface area is 212 Å². The third-order valence-electron chi connectivity index (χ3n) is 7.61. The Morgan fingerprint density at radius 1 is 1.16 bits per heavy atom. The van der Waals surface area contributed by atoms with Gasteiger partial charge in [0.05, 0.1) is 5.69 Å². The number of pyridine rings is 1. The molecule has 4 heterocycles. The second kappa shape index (κ2) is 8.44. The van der Waals surface area contributed by atoms with E-state index in [1.54, 1.807) is 4.68 Å². The van der Waals surface area contributed by atoms with E-state index in [-0.39, 0.29) is 16.7 Å². The Morgan fingerprint density at radius 2 is 1.97 bits per heavy atom. The first kappa shape index (κ1) is 23.7. The molecule has 1 aromatic carbocycles. The molecule has 8 nitrogen and oxygen atoms in total. The molecule has 10 heteroatoms. The molecule has 4 aromatic rings. The van der Waals surface area contributed by atoms with E-state index in [0.717, 1.165) is 18.8 Å². The van der Waals surface area contributed by atoms with Crippen molar-refractivity contribution >= 4 is 22.7 Å². The summed E-state index contributed by atoms with van der Waals surface area (Å²) in [7, 11) is 0. The van der Waals surface area contributed by atoms with Gasteiger partial charge in [-0.1, -0.05) is 19.9 Å². The van der Waals surface area contributed by atoms with Gasteiger partial charge in [-0.25, -0.2) is 23.7 Å². The third-order valence-corrected chi connectivity index (χ3v) is 7.61. The van der Waals surface area contributed by atoms with Gasteiger partial charge in [0.2, 0.25) is 5.95 Å². The van der Waals surface area contributed by atoms with Crippen molar-refractivity contribution in [2.75, 3.05) is 18.5 Å². The number of benzene rings is 1. The molecule has 2 N–H and O–H groups in total. The number of anilines is 2. The smallest absolute Gasteiger partial charge is 0.278 e. The summed E-state index contributed by atoms with van der Waals surface area (Å²) in [5.74, 6) is 0.0989. The van der Waals surface area contributed by atoms with Crippen LogP contribution in [-0.4, -0.2) is 37.5 Å². The highest BCUT2D eigenvalue weighted by atomic mass is 19.1. The van der Waals surface area contributed by atoms with E-state index in [1.807, 2.05) is 13.0 Å². The van der Waals surface area contributed by atoms with Gasteiger partial charge in [0.1, 0.15) is 17.9 Å². The molecule has 6 rings (SSSR count). The molecule has 0 spiro atoms. The average Bonchev–Trinajstić information content (AvgIpc) is 3.63. The molecule has 192 valence electrons. The number of fused-ring (bicyclic) bond motifs is 2. The fourth-order valence-corrected chi connectivity index (χ4v) is 5.33. The normalized spacial score (nSPS) is 17.5. The van der Waals surface area contributed by atoms with E-state index >= 15 is 0 Å². The maximum atomic E-state index is 14.6. The van der Waals surface area contributed by atoms with Crippen molar-refractivity contribution in [2.45, 2.75) is 57.5 Å². The Morgan fingerprint density at radius 3 is 2.70 bits per heavy atom. The highest BCUT2D eigenvalue weighted by Crippen LogP contribution is 2.48. The second-order valence-corrected chi connectivity index (χ2v) is 10.7. The zero-order chi connectivity index (χ0) is 25.9. The van der Waals surface area contributed by atoms with Crippen LogP contribution in [0.15, 0.2) is 41.3 Å². The molecule has 1 fully saturated rings. The first-order valence-electron chi connectivity index (χ1n) is 12.6. The lowest BCUT2D eigenvalue weighted by atomic mass is 9.79. The molecular weight excluding hydrogens is 476 g/mol. The van der Waals surface area contributed by atoms with Crippen LogP contribution in [0.1, 0.15) is 50.4 Å². The van der Waals surface area contributed by atoms with Gasteiger partial charge in [-0.2, -0.15) is 4.98 Å². The highest BCUT2D eigenvalue weighted by Gasteiger charge is 2.48. The highest BCUT2D eigenvalue weighted by molar-refractivity contribution is 5.77. The first-order valence-corrected chi connectivity index (χ1v) is 12.6. The third kappa shape index (κ3) is 3.81. The number of aromatic nitrogens is 5. The largest absolute Gasteiger partial charge is 0.324 e. The summed E-state index contributed by atoms with van der Waals surface area (Å²) in [4.78, 5) is 26.7. The van der Waals surface area contributed by atoms with Crippen molar-refractivity contribution in [1.29, 1.82) is 0 Å². The predicted molar refractivity (Wildman–Crippen MR) is 138 cm³/mol. The zero-order valence-electron chi connectivity index (χ0n) is 21.1. The van der Waals surface area contributed by atoms with Crippen molar-refractivity contribution in [3.63, 3.8) is 0 Å². The summed E-state index contributed by atoms with van der Waals surface area (Å²) in [6.07, 6.45) is 2.59. The molecule has 3 aromatic heterocycles. The standard InChI is InChI=1S/C27H29F2N7O/c1-4-35-24(37)18-13-31-25(32-17-5-6-19-16(11-17)12-30-15-26(19,2)3)34-23(18)36(35)21-8-7-20(29)22(33-21)27(14-28)9-10-27/h5-8,11,13,30H,4,9-10,12,14-15H2,1-3H3,(H,31,32,34). The lowest BCUT2D eigenvalue weighted by Crippen LogP contribution is -2.38. The number of hydrogen-bond acceptors (Lipinski definition) is 6. The average molecular weight is 506 g/mol. The summed E-state index contributed by atoms with van der Waals surface area (Å²) in [6, 6.07) is 8.99. The number of hydrogen-bond donors (Lipinski definition) is 2. The van der Waals surface area contributed by atoms with Crippen LogP contribution in [0.4, 0.5) is 20.4 Å². The lowest BCUT2D eigenvalue weighted by Gasteiger charge is -2.33. The first-order chi connectivity index (χ1) is 17.8.